The molecule has 0 spiro atoms. The van der Waals surface area contributed by atoms with Gasteiger partial charge in [-0.2, -0.15) is 5.10 Å². The van der Waals surface area contributed by atoms with Crippen molar-refractivity contribution in [3.05, 3.63) is 70.1 Å². The van der Waals surface area contributed by atoms with Gasteiger partial charge in [0.25, 0.3) is 0 Å². The monoisotopic (exact) mass is 519 g/mol. The molecule has 0 bridgehead atoms. The number of carbonyl (C=O) groups excluding carboxylic acids is 2. The molecule has 0 saturated carbocycles. The molecule has 7 nitrogen and oxygen atoms in total. The van der Waals surface area contributed by atoms with Crippen LogP contribution < -0.4 is 10.6 Å². The number of carbonyl (C=O) groups is 2. The molecule has 10 heteroatoms. The van der Waals surface area contributed by atoms with Crippen LogP contribution in [0.3, 0.4) is 0 Å². The standard InChI is InChI=1S/C25H28Cl2FN5O2/c1-5-12-32(24(35)29-16-10-11-19(28)18(27)13-16)15-23(34)30-22-14-21(25(2,3)4)31-33(22)20-9-7-6-8-17(20)26/h6-11,13-14H,5,12,15H2,1-4H3,(H,29,35)(H,30,34). The minimum absolute atomic E-state index is 0.106. The quantitative estimate of drug-likeness (QED) is 0.373. The fraction of sp³-hybridized carbons (Fsp3) is 0.320. The first-order valence-corrected chi connectivity index (χ1v) is 11.9. The van der Waals surface area contributed by atoms with Gasteiger partial charge in [-0.3, -0.25) is 4.79 Å². The molecule has 0 aliphatic carbocycles. The average Bonchev–Trinajstić information content (AvgIpc) is 3.20. The van der Waals surface area contributed by atoms with E-state index in [0.29, 0.717) is 35.2 Å². The van der Waals surface area contributed by atoms with E-state index in [-0.39, 0.29) is 17.0 Å². The van der Waals surface area contributed by atoms with Crippen LogP contribution in [-0.2, 0) is 10.2 Å². The van der Waals surface area contributed by atoms with E-state index in [0.717, 1.165) is 11.8 Å². The van der Waals surface area contributed by atoms with Gasteiger partial charge in [0, 0.05) is 23.7 Å². The molecule has 3 aromatic rings. The smallest absolute Gasteiger partial charge is 0.315 e. The molecule has 35 heavy (non-hydrogen) atoms. The number of hydrogen-bond acceptors (Lipinski definition) is 3. The van der Waals surface area contributed by atoms with Crippen molar-refractivity contribution in [2.24, 2.45) is 0 Å². The fourth-order valence-electron chi connectivity index (χ4n) is 3.30. The largest absolute Gasteiger partial charge is 0.322 e. The fourth-order valence-corrected chi connectivity index (χ4v) is 3.69. The predicted octanol–water partition coefficient (Wildman–Crippen LogP) is 6.50. The van der Waals surface area contributed by atoms with Gasteiger partial charge in [0.1, 0.15) is 18.2 Å². The third kappa shape index (κ3) is 6.74. The Morgan fingerprint density at radius 3 is 2.40 bits per heavy atom. The van der Waals surface area contributed by atoms with Crippen molar-refractivity contribution < 1.29 is 14.0 Å². The van der Waals surface area contributed by atoms with Crippen LogP contribution in [0.2, 0.25) is 10.0 Å². The lowest BCUT2D eigenvalue weighted by molar-refractivity contribution is -0.116. The molecule has 1 heterocycles. The average molecular weight is 520 g/mol. The van der Waals surface area contributed by atoms with Crippen molar-refractivity contribution in [1.82, 2.24) is 14.7 Å². The first kappa shape index (κ1) is 26.5. The highest BCUT2D eigenvalue weighted by atomic mass is 35.5. The number of anilines is 2. The maximum absolute atomic E-state index is 13.4. The van der Waals surface area contributed by atoms with Crippen molar-refractivity contribution in [1.29, 1.82) is 0 Å². The third-order valence-corrected chi connectivity index (χ3v) is 5.72. The summed E-state index contributed by atoms with van der Waals surface area (Å²) in [5.41, 5.74) is 1.45. The summed E-state index contributed by atoms with van der Waals surface area (Å²) in [7, 11) is 0. The number of amides is 3. The van der Waals surface area contributed by atoms with Gasteiger partial charge in [0.15, 0.2) is 0 Å². The number of nitrogens with one attached hydrogen (secondary N) is 2. The van der Waals surface area contributed by atoms with Crippen LogP contribution in [0.5, 0.6) is 0 Å². The van der Waals surface area contributed by atoms with Gasteiger partial charge < -0.3 is 15.5 Å². The lowest BCUT2D eigenvalue weighted by atomic mass is 9.92. The zero-order valence-electron chi connectivity index (χ0n) is 20.0. The van der Waals surface area contributed by atoms with Crippen LogP contribution in [0.25, 0.3) is 5.69 Å². The van der Waals surface area contributed by atoms with Crippen molar-refractivity contribution in [3.8, 4) is 5.69 Å². The first-order valence-electron chi connectivity index (χ1n) is 11.2. The molecule has 1 aromatic heterocycles. The molecule has 0 saturated heterocycles. The van der Waals surface area contributed by atoms with Crippen LogP contribution in [0.4, 0.5) is 20.7 Å². The summed E-state index contributed by atoms with van der Waals surface area (Å²) in [6, 6.07) is 12.4. The normalized spacial score (nSPS) is 11.3. The summed E-state index contributed by atoms with van der Waals surface area (Å²) < 4.78 is 15.0. The Balaban J connectivity index is 1.80. The predicted molar refractivity (Wildman–Crippen MR) is 138 cm³/mol. The summed E-state index contributed by atoms with van der Waals surface area (Å²) in [6.07, 6.45) is 0.636. The Morgan fingerprint density at radius 1 is 1.06 bits per heavy atom. The van der Waals surface area contributed by atoms with Gasteiger partial charge in [0.05, 0.1) is 21.4 Å². The Kier molecular flexibility index (Phi) is 8.40. The molecule has 186 valence electrons. The number of hydrogen-bond donors (Lipinski definition) is 2. The summed E-state index contributed by atoms with van der Waals surface area (Å²) in [5, 5.41) is 10.6. The van der Waals surface area contributed by atoms with Gasteiger partial charge in [-0.15, -0.1) is 0 Å². The second kappa shape index (κ2) is 11.1. The lowest BCUT2D eigenvalue weighted by Crippen LogP contribution is -2.41. The number of rotatable bonds is 7. The summed E-state index contributed by atoms with van der Waals surface area (Å²) in [4.78, 5) is 27.2. The molecule has 0 unspecified atom stereocenters. The Morgan fingerprint density at radius 2 is 1.77 bits per heavy atom. The van der Waals surface area contributed by atoms with E-state index in [2.05, 4.69) is 15.7 Å². The third-order valence-electron chi connectivity index (χ3n) is 5.11. The second-order valence-electron chi connectivity index (χ2n) is 9.06. The van der Waals surface area contributed by atoms with Crippen molar-refractivity contribution in [2.75, 3.05) is 23.7 Å². The number of nitrogens with zero attached hydrogens (tertiary/aromatic N) is 3. The minimum atomic E-state index is -0.584. The van der Waals surface area contributed by atoms with Crippen LogP contribution >= 0.6 is 23.2 Å². The summed E-state index contributed by atoms with van der Waals surface area (Å²) >= 11 is 12.2. The molecular formula is C25H28Cl2FN5O2. The highest BCUT2D eigenvalue weighted by Crippen LogP contribution is 2.29. The summed E-state index contributed by atoms with van der Waals surface area (Å²) in [6.45, 7) is 8.10. The minimum Gasteiger partial charge on any atom is -0.315 e. The topological polar surface area (TPSA) is 79.3 Å². The maximum atomic E-state index is 13.4. The van der Waals surface area contributed by atoms with E-state index in [1.54, 1.807) is 16.8 Å². The van der Waals surface area contributed by atoms with Gasteiger partial charge in [-0.25, -0.2) is 13.9 Å². The molecule has 3 rings (SSSR count). The molecule has 2 N–H and O–H groups in total. The zero-order valence-corrected chi connectivity index (χ0v) is 21.5. The number of urea groups is 1. The number of aromatic nitrogens is 2. The lowest BCUT2D eigenvalue weighted by Gasteiger charge is -2.22. The molecule has 2 aromatic carbocycles. The first-order chi connectivity index (χ1) is 16.5. The van der Waals surface area contributed by atoms with Crippen molar-refractivity contribution in [2.45, 2.75) is 39.5 Å². The number of halogens is 3. The van der Waals surface area contributed by atoms with Crippen LogP contribution in [0.15, 0.2) is 48.5 Å². The molecule has 0 aliphatic rings. The van der Waals surface area contributed by atoms with E-state index < -0.39 is 17.8 Å². The molecule has 0 aliphatic heterocycles. The van der Waals surface area contributed by atoms with E-state index >= 15 is 0 Å². The summed E-state index contributed by atoms with van der Waals surface area (Å²) in [5.74, 6) is -0.547. The maximum Gasteiger partial charge on any atom is 0.322 e. The number of benzene rings is 2. The molecular weight excluding hydrogens is 492 g/mol. The van der Waals surface area contributed by atoms with Crippen molar-refractivity contribution in [3.63, 3.8) is 0 Å². The van der Waals surface area contributed by atoms with Crippen LogP contribution in [0.1, 0.15) is 39.8 Å². The zero-order chi connectivity index (χ0) is 25.8. The van der Waals surface area contributed by atoms with E-state index in [1.165, 1.54) is 17.0 Å². The Bertz CT molecular complexity index is 1220. The van der Waals surface area contributed by atoms with E-state index in [1.807, 2.05) is 45.9 Å². The Hall–Kier alpha value is -3.10. The van der Waals surface area contributed by atoms with E-state index in [4.69, 9.17) is 23.2 Å². The van der Waals surface area contributed by atoms with Crippen LogP contribution in [-0.4, -0.2) is 39.7 Å². The van der Waals surface area contributed by atoms with Gasteiger partial charge in [-0.1, -0.05) is 63.0 Å². The molecule has 3 amide bonds. The van der Waals surface area contributed by atoms with Gasteiger partial charge >= 0.3 is 6.03 Å². The van der Waals surface area contributed by atoms with Crippen molar-refractivity contribution >= 4 is 46.6 Å². The highest BCUT2D eigenvalue weighted by Gasteiger charge is 2.23. The van der Waals surface area contributed by atoms with Crippen LogP contribution in [0, 0.1) is 5.82 Å². The molecule has 0 atom stereocenters. The number of para-hydroxylation sites is 1. The molecule has 0 radical (unpaired) electrons. The highest BCUT2D eigenvalue weighted by molar-refractivity contribution is 6.32. The van der Waals surface area contributed by atoms with Gasteiger partial charge in [-0.05, 0) is 36.8 Å². The SMILES string of the molecule is CCCN(CC(=O)Nc1cc(C(C)(C)C)nn1-c1ccccc1Cl)C(=O)Nc1ccc(F)c(Cl)c1. The Labute approximate surface area is 214 Å². The molecule has 0 fully saturated rings. The second-order valence-corrected chi connectivity index (χ2v) is 9.87. The van der Waals surface area contributed by atoms with Gasteiger partial charge in [0.2, 0.25) is 5.91 Å². The van der Waals surface area contributed by atoms with E-state index in [9.17, 15) is 14.0 Å².